The minimum Gasteiger partial charge on any atom is -0.434 e. The number of ether oxygens (including phenoxy) is 1. The summed E-state index contributed by atoms with van der Waals surface area (Å²) < 4.78 is 7.57. The van der Waals surface area contributed by atoms with Gasteiger partial charge in [-0.1, -0.05) is 32.9 Å². The van der Waals surface area contributed by atoms with E-state index in [0.29, 0.717) is 5.75 Å². The summed E-state index contributed by atoms with van der Waals surface area (Å²) in [7, 11) is 2.87. The molecule has 0 atom stereocenters. The molecule has 0 spiro atoms. The molecule has 1 aromatic heterocycles. The molecule has 0 unspecified atom stereocenters. The average Bonchev–Trinajstić information content (AvgIpc) is 2.51. The van der Waals surface area contributed by atoms with Crippen LogP contribution in [0.25, 0.3) is 0 Å². The number of hydrogen-bond acceptors (Lipinski definition) is 4. The van der Waals surface area contributed by atoms with Crippen LogP contribution in [-0.4, -0.2) is 14.3 Å². The van der Waals surface area contributed by atoms with E-state index in [1.165, 1.54) is 19.7 Å². The predicted octanol–water partition coefficient (Wildman–Crippen LogP) is 1.96. The fourth-order valence-corrected chi connectivity index (χ4v) is 2.02. The van der Waals surface area contributed by atoms with Crippen LogP contribution in [0.3, 0.4) is 0 Å². The Hall–Kier alpha value is -2.37. The third kappa shape index (κ3) is 2.95. The van der Waals surface area contributed by atoms with Crippen LogP contribution >= 0.6 is 0 Å². The van der Waals surface area contributed by atoms with Crippen LogP contribution in [0.15, 0.2) is 33.9 Å². The van der Waals surface area contributed by atoms with Crippen molar-refractivity contribution in [2.45, 2.75) is 32.6 Å². The summed E-state index contributed by atoms with van der Waals surface area (Å²) >= 11 is 0. The van der Waals surface area contributed by atoms with E-state index in [1.807, 2.05) is 12.1 Å². The summed E-state index contributed by atoms with van der Waals surface area (Å²) in [6.45, 7) is 6.49. The van der Waals surface area contributed by atoms with E-state index in [1.54, 1.807) is 12.1 Å². The molecule has 0 fully saturated rings. The van der Waals surface area contributed by atoms with E-state index in [4.69, 9.17) is 4.74 Å². The number of aromatic nitrogens is 3. The molecule has 0 saturated carbocycles. The minimum atomic E-state index is -0.555. The van der Waals surface area contributed by atoms with E-state index in [2.05, 4.69) is 25.9 Å². The van der Waals surface area contributed by atoms with Crippen LogP contribution in [0.2, 0.25) is 0 Å². The molecule has 2 aromatic rings. The van der Waals surface area contributed by atoms with Gasteiger partial charge in [0.25, 0.3) is 0 Å². The molecule has 0 amide bonds. The Bertz CT molecular complexity index is 786. The Morgan fingerprint density at radius 2 is 1.73 bits per heavy atom. The van der Waals surface area contributed by atoms with Crippen LogP contribution in [0.4, 0.5) is 0 Å². The van der Waals surface area contributed by atoms with Crippen molar-refractivity contribution in [1.29, 1.82) is 0 Å². The number of hydrogen-bond donors (Lipinski definition) is 0. The standard InChI is InChI=1S/C16H21N3O3/c1-6-16(2,3)11-7-9-12(10-8-11)22-13-14(20)18(4)15(21)19(5)17-13/h7-10H,6H2,1-5H3. The smallest absolute Gasteiger partial charge is 0.347 e. The molecule has 0 N–H and O–H groups in total. The number of nitrogens with zero attached hydrogens (tertiary/aromatic N) is 3. The molecule has 118 valence electrons. The summed E-state index contributed by atoms with van der Waals surface area (Å²) in [5, 5.41) is 3.86. The number of rotatable bonds is 4. The quantitative estimate of drug-likeness (QED) is 0.866. The topological polar surface area (TPSA) is 66.1 Å². The van der Waals surface area contributed by atoms with Crippen molar-refractivity contribution in [3.8, 4) is 11.6 Å². The lowest BCUT2D eigenvalue weighted by molar-refractivity contribution is 0.413. The maximum Gasteiger partial charge on any atom is 0.347 e. The Kier molecular flexibility index (Phi) is 4.21. The van der Waals surface area contributed by atoms with Gasteiger partial charge in [0, 0.05) is 14.1 Å². The van der Waals surface area contributed by atoms with Crippen LogP contribution < -0.4 is 16.0 Å². The largest absolute Gasteiger partial charge is 0.434 e. The first kappa shape index (κ1) is 16.0. The first-order valence-corrected chi connectivity index (χ1v) is 7.19. The Balaban J connectivity index is 2.33. The summed E-state index contributed by atoms with van der Waals surface area (Å²) in [5.74, 6) is 0.394. The Morgan fingerprint density at radius 3 is 2.27 bits per heavy atom. The van der Waals surface area contributed by atoms with Crippen molar-refractivity contribution in [2.75, 3.05) is 0 Å². The minimum absolute atomic E-state index is 0.0869. The van der Waals surface area contributed by atoms with Crippen molar-refractivity contribution in [3.05, 3.63) is 50.7 Å². The maximum absolute atomic E-state index is 12.0. The third-order valence-electron chi connectivity index (χ3n) is 4.03. The molecule has 0 aliphatic heterocycles. The van der Waals surface area contributed by atoms with E-state index in [-0.39, 0.29) is 11.3 Å². The normalized spacial score (nSPS) is 11.5. The van der Waals surface area contributed by atoms with E-state index in [9.17, 15) is 9.59 Å². The Morgan fingerprint density at radius 1 is 1.14 bits per heavy atom. The van der Waals surface area contributed by atoms with E-state index < -0.39 is 11.2 Å². The summed E-state index contributed by atoms with van der Waals surface area (Å²) in [6.07, 6.45) is 1.02. The van der Waals surface area contributed by atoms with E-state index in [0.717, 1.165) is 15.7 Å². The van der Waals surface area contributed by atoms with Gasteiger partial charge in [-0.25, -0.2) is 9.48 Å². The zero-order chi connectivity index (χ0) is 16.5. The second-order valence-corrected chi connectivity index (χ2v) is 5.94. The van der Waals surface area contributed by atoms with Crippen molar-refractivity contribution >= 4 is 0 Å². The van der Waals surface area contributed by atoms with Gasteiger partial charge in [0.05, 0.1) is 0 Å². The molecule has 2 rings (SSSR count). The SMILES string of the molecule is CCC(C)(C)c1ccc(Oc2nn(C)c(=O)n(C)c2=O)cc1. The fraction of sp³-hybridized carbons (Fsp3) is 0.438. The van der Waals surface area contributed by atoms with Crippen LogP contribution in [0, 0.1) is 0 Å². The van der Waals surface area contributed by atoms with Gasteiger partial charge in [-0.05, 0) is 29.5 Å². The van der Waals surface area contributed by atoms with Crippen molar-refractivity contribution in [3.63, 3.8) is 0 Å². The van der Waals surface area contributed by atoms with Crippen LogP contribution in [-0.2, 0) is 19.5 Å². The van der Waals surface area contributed by atoms with Gasteiger partial charge in [0.1, 0.15) is 5.75 Å². The van der Waals surface area contributed by atoms with Crippen molar-refractivity contribution < 1.29 is 4.74 Å². The second-order valence-electron chi connectivity index (χ2n) is 5.94. The average molecular weight is 303 g/mol. The number of aryl methyl sites for hydroxylation is 1. The summed E-state index contributed by atoms with van der Waals surface area (Å²) in [4.78, 5) is 23.6. The molecule has 0 saturated heterocycles. The summed E-state index contributed by atoms with van der Waals surface area (Å²) in [5.41, 5.74) is 0.242. The van der Waals surface area contributed by atoms with E-state index >= 15 is 0 Å². The molecule has 1 heterocycles. The monoisotopic (exact) mass is 303 g/mol. The third-order valence-corrected chi connectivity index (χ3v) is 4.03. The molecule has 0 radical (unpaired) electrons. The summed E-state index contributed by atoms with van der Waals surface area (Å²) in [6, 6.07) is 7.56. The molecule has 1 aromatic carbocycles. The molecule has 0 aliphatic carbocycles. The van der Waals surface area contributed by atoms with Gasteiger partial charge in [-0.15, -0.1) is 5.10 Å². The first-order valence-electron chi connectivity index (χ1n) is 7.19. The molecule has 6 heteroatoms. The van der Waals surface area contributed by atoms with Crippen LogP contribution in [0.5, 0.6) is 11.6 Å². The van der Waals surface area contributed by atoms with Gasteiger partial charge < -0.3 is 4.74 Å². The first-order chi connectivity index (χ1) is 10.3. The Labute approximate surface area is 129 Å². The molecular weight excluding hydrogens is 282 g/mol. The number of benzene rings is 1. The van der Waals surface area contributed by atoms with Crippen molar-refractivity contribution in [2.24, 2.45) is 14.1 Å². The molecule has 6 nitrogen and oxygen atoms in total. The second kappa shape index (κ2) is 5.79. The molecule has 0 aliphatic rings. The molecular formula is C16H21N3O3. The van der Waals surface area contributed by atoms with Gasteiger partial charge in [0.2, 0.25) is 0 Å². The maximum atomic E-state index is 12.0. The lowest BCUT2D eigenvalue weighted by Crippen LogP contribution is -2.38. The zero-order valence-electron chi connectivity index (χ0n) is 13.6. The van der Waals surface area contributed by atoms with Crippen LogP contribution in [0.1, 0.15) is 32.8 Å². The zero-order valence-corrected chi connectivity index (χ0v) is 13.6. The van der Waals surface area contributed by atoms with Gasteiger partial charge in [-0.2, -0.15) is 0 Å². The highest BCUT2D eigenvalue weighted by Gasteiger charge is 2.18. The molecule has 22 heavy (non-hydrogen) atoms. The lowest BCUT2D eigenvalue weighted by Gasteiger charge is -2.23. The highest BCUT2D eigenvalue weighted by Crippen LogP contribution is 2.28. The fourth-order valence-electron chi connectivity index (χ4n) is 2.02. The van der Waals surface area contributed by atoms with Gasteiger partial charge in [-0.3, -0.25) is 9.36 Å². The van der Waals surface area contributed by atoms with Crippen molar-refractivity contribution in [1.82, 2.24) is 14.3 Å². The highest BCUT2D eigenvalue weighted by atomic mass is 16.5. The lowest BCUT2D eigenvalue weighted by atomic mass is 9.82. The van der Waals surface area contributed by atoms with Gasteiger partial charge >= 0.3 is 17.1 Å². The van der Waals surface area contributed by atoms with Gasteiger partial charge in [0.15, 0.2) is 0 Å². The predicted molar refractivity (Wildman–Crippen MR) is 84.6 cm³/mol. The highest BCUT2D eigenvalue weighted by molar-refractivity contribution is 5.33. The molecule has 0 bridgehead atoms.